The maximum Gasteiger partial charge on any atom is 0.239 e. The number of hydrogen-bond acceptors (Lipinski definition) is 4. The summed E-state index contributed by atoms with van der Waals surface area (Å²) in [7, 11) is 0. The molecule has 0 radical (unpaired) electrons. The van der Waals surface area contributed by atoms with Crippen molar-refractivity contribution in [2.45, 2.75) is 6.10 Å². The quantitative estimate of drug-likeness (QED) is 0.757. The fourth-order valence-corrected chi connectivity index (χ4v) is 1.96. The van der Waals surface area contributed by atoms with Crippen LogP contribution in [-0.2, 0) is 4.79 Å². The number of carbonyl (C=O) groups excluding carboxylic acids is 1. The van der Waals surface area contributed by atoms with Gasteiger partial charge >= 0.3 is 0 Å². The van der Waals surface area contributed by atoms with Crippen LogP contribution in [0.5, 0.6) is 0 Å². The van der Waals surface area contributed by atoms with E-state index < -0.39 is 17.7 Å². The average Bonchev–Trinajstić information content (AvgIpc) is 2.60. The topological polar surface area (TPSA) is 85.2 Å². The molecule has 3 N–H and O–H groups in total. The standard InChI is InChI=1S/C17H15F2N3O2/c18-14-6-3-12(7-15(14)19)16(23)9-22-17(24)10-21-13-4-1-11(8-20)2-5-13/h1-7,16,21,23H,9-10H2,(H,22,24)/t16-/m0/s1. The second kappa shape index (κ2) is 8.04. The molecule has 5 nitrogen and oxygen atoms in total. The van der Waals surface area contributed by atoms with Gasteiger partial charge in [0.25, 0.3) is 0 Å². The van der Waals surface area contributed by atoms with Crippen LogP contribution in [0.25, 0.3) is 0 Å². The van der Waals surface area contributed by atoms with Crippen molar-refractivity contribution in [3.63, 3.8) is 0 Å². The van der Waals surface area contributed by atoms with Crippen LogP contribution in [0.4, 0.5) is 14.5 Å². The molecule has 124 valence electrons. The first-order valence-electron chi connectivity index (χ1n) is 7.13. The van der Waals surface area contributed by atoms with E-state index in [1.165, 1.54) is 6.07 Å². The van der Waals surface area contributed by atoms with E-state index in [0.29, 0.717) is 11.3 Å². The summed E-state index contributed by atoms with van der Waals surface area (Å²) in [5.41, 5.74) is 1.36. The highest BCUT2D eigenvalue weighted by Gasteiger charge is 2.12. The largest absolute Gasteiger partial charge is 0.387 e. The van der Waals surface area contributed by atoms with Gasteiger partial charge in [0.2, 0.25) is 5.91 Å². The molecular formula is C17H15F2N3O2. The summed E-state index contributed by atoms with van der Waals surface area (Å²) in [5, 5.41) is 23.9. The minimum Gasteiger partial charge on any atom is -0.387 e. The summed E-state index contributed by atoms with van der Waals surface area (Å²) in [6, 6.07) is 11.6. The lowest BCUT2D eigenvalue weighted by Crippen LogP contribution is -2.33. The number of nitrogens with one attached hydrogen (secondary N) is 2. The zero-order chi connectivity index (χ0) is 17.5. The summed E-state index contributed by atoms with van der Waals surface area (Å²) in [6.45, 7) is -0.157. The number of rotatable bonds is 6. The Kier molecular flexibility index (Phi) is 5.82. The molecule has 0 aliphatic rings. The summed E-state index contributed by atoms with van der Waals surface area (Å²) in [5.74, 6) is -2.43. The van der Waals surface area contributed by atoms with Gasteiger partial charge < -0.3 is 15.7 Å². The highest BCUT2D eigenvalue weighted by Crippen LogP contribution is 2.15. The van der Waals surface area contributed by atoms with Gasteiger partial charge in [-0.05, 0) is 42.0 Å². The van der Waals surface area contributed by atoms with E-state index in [1.807, 2.05) is 6.07 Å². The predicted octanol–water partition coefficient (Wildman–Crippen LogP) is 2.10. The van der Waals surface area contributed by atoms with E-state index in [0.717, 1.165) is 12.1 Å². The smallest absolute Gasteiger partial charge is 0.239 e. The van der Waals surface area contributed by atoms with E-state index in [1.54, 1.807) is 24.3 Å². The van der Waals surface area contributed by atoms with Crippen LogP contribution in [0.15, 0.2) is 42.5 Å². The first kappa shape index (κ1) is 17.4. The fourth-order valence-electron chi connectivity index (χ4n) is 1.96. The molecule has 0 saturated carbocycles. The molecule has 7 heteroatoms. The summed E-state index contributed by atoms with van der Waals surface area (Å²) in [4.78, 5) is 11.7. The second-order valence-corrected chi connectivity index (χ2v) is 5.04. The third kappa shape index (κ3) is 4.76. The lowest BCUT2D eigenvalue weighted by atomic mass is 10.1. The van der Waals surface area contributed by atoms with Crippen LogP contribution in [0.1, 0.15) is 17.2 Å². The van der Waals surface area contributed by atoms with E-state index in [-0.39, 0.29) is 24.6 Å². The predicted molar refractivity (Wildman–Crippen MR) is 84.0 cm³/mol. The molecule has 1 atom stereocenters. The number of halogens is 2. The first-order valence-corrected chi connectivity index (χ1v) is 7.13. The molecule has 1 amide bonds. The fraction of sp³-hybridized carbons (Fsp3) is 0.176. The summed E-state index contributed by atoms with van der Waals surface area (Å²) >= 11 is 0. The Morgan fingerprint density at radius 1 is 1.17 bits per heavy atom. The Morgan fingerprint density at radius 2 is 1.88 bits per heavy atom. The number of carbonyl (C=O) groups is 1. The molecule has 0 unspecified atom stereocenters. The second-order valence-electron chi connectivity index (χ2n) is 5.04. The summed E-state index contributed by atoms with van der Waals surface area (Å²) in [6.07, 6.45) is -1.14. The highest BCUT2D eigenvalue weighted by molar-refractivity contribution is 5.80. The Labute approximate surface area is 137 Å². The third-order valence-electron chi connectivity index (χ3n) is 3.29. The van der Waals surface area contributed by atoms with Crippen molar-refractivity contribution in [2.24, 2.45) is 0 Å². The van der Waals surface area contributed by atoms with Crippen LogP contribution in [0.3, 0.4) is 0 Å². The Bertz CT molecular complexity index is 757. The molecule has 0 heterocycles. The molecular weight excluding hydrogens is 316 g/mol. The molecule has 0 spiro atoms. The van der Waals surface area contributed by atoms with Crippen molar-refractivity contribution < 1.29 is 18.7 Å². The van der Waals surface area contributed by atoms with Gasteiger partial charge in [-0.3, -0.25) is 4.79 Å². The van der Waals surface area contributed by atoms with Crippen molar-refractivity contribution >= 4 is 11.6 Å². The lowest BCUT2D eigenvalue weighted by molar-refractivity contribution is -0.119. The van der Waals surface area contributed by atoms with Crippen LogP contribution in [-0.4, -0.2) is 24.1 Å². The van der Waals surface area contributed by atoms with Crippen LogP contribution < -0.4 is 10.6 Å². The van der Waals surface area contributed by atoms with Crippen molar-refractivity contribution in [3.8, 4) is 6.07 Å². The average molecular weight is 331 g/mol. The molecule has 2 rings (SSSR count). The normalized spacial score (nSPS) is 11.4. The lowest BCUT2D eigenvalue weighted by Gasteiger charge is -2.13. The van der Waals surface area contributed by atoms with Gasteiger partial charge in [-0.2, -0.15) is 5.26 Å². The maximum absolute atomic E-state index is 13.1. The first-order chi connectivity index (χ1) is 11.5. The van der Waals surface area contributed by atoms with Crippen LogP contribution in [0.2, 0.25) is 0 Å². The number of aliphatic hydroxyl groups excluding tert-OH is 1. The monoisotopic (exact) mass is 331 g/mol. The molecule has 0 bridgehead atoms. The van der Waals surface area contributed by atoms with E-state index in [4.69, 9.17) is 5.26 Å². The maximum atomic E-state index is 13.1. The zero-order valence-corrected chi connectivity index (χ0v) is 12.6. The van der Waals surface area contributed by atoms with Gasteiger partial charge in [0.1, 0.15) is 0 Å². The van der Waals surface area contributed by atoms with Crippen molar-refractivity contribution in [1.29, 1.82) is 5.26 Å². The molecule has 0 aliphatic heterocycles. The van der Waals surface area contributed by atoms with Crippen molar-refractivity contribution in [3.05, 3.63) is 65.2 Å². The Morgan fingerprint density at radius 3 is 2.50 bits per heavy atom. The van der Waals surface area contributed by atoms with Crippen molar-refractivity contribution in [2.75, 3.05) is 18.4 Å². The molecule has 2 aromatic carbocycles. The van der Waals surface area contributed by atoms with Gasteiger partial charge in [0, 0.05) is 12.2 Å². The number of nitriles is 1. The minimum atomic E-state index is -1.14. The summed E-state index contributed by atoms with van der Waals surface area (Å²) < 4.78 is 25.9. The zero-order valence-electron chi connectivity index (χ0n) is 12.6. The molecule has 24 heavy (non-hydrogen) atoms. The highest BCUT2D eigenvalue weighted by atomic mass is 19.2. The number of amides is 1. The number of hydrogen-bond donors (Lipinski definition) is 3. The molecule has 0 aromatic heterocycles. The van der Waals surface area contributed by atoms with E-state index >= 15 is 0 Å². The molecule has 0 aliphatic carbocycles. The van der Waals surface area contributed by atoms with E-state index in [9.17, 15) is 18.7 Å². The van der Waals surface area contributed by atoms with Gasteiger partial charge in [-0.1, -0.05) is 6.07 Å². The SMILES string of the molecule is N#Cc1ccc(NCC(=O)NC[C@H](O)c2ccc(F)c(F)c2)cc1. The van der Waals surface area contributed by atoms with Gasteiger partial charge in [-0.15, -0.1) is 0 Å². The van der Waals surface area contributed by atoms with E-state index in [2.05, 4.69) is 10.6 Å². The molecule has 0 fully saturated rings. The molecule has 0 saturated heterocycles. The Hall–Kier alpha value is -2.98. The van der Waals surface area contributed by atoms with Crippen LogP contribution >= 0.6 is 0 Å². The third-order valence-corrected chi connectivity index (χ3v) is 3.29. The van der Waals surface area contributed by atoms with Gasteiger partial charge in [0.15, 0.2) is 11.6 Å². The van der Waals surface area contributed by atoms with Gasteiger partial charge in [-0.25, -0.2) is 8.78 Å². The number of nitrogens with zero attached hydrogens (tertiary/aromatic N) is 1. The number of anilines is 1. The number of benzene rings is 2. The Balaban J connectivity index is 1.79. The molecule has 2 aromatic rings. The number of aliphatic hydroxyl groups is 1. The van der Waals surface area contributed by atoms with Crippen molar-refractivity contribution in [1.82, 2.24) is 5.32 Å². The van der Waals surface area contributed by atoms with Gasteiger partial charge in [0.05, 0.1) is 24.3 Å². The minimum absolute atomic E-state index is 0.0314. The van der Waals surface area contributed by atoms with Crippen LogP contribution in [0, 0.1) is 23.0 Å².